The Bertz CT molecular complexity index is 1080. The number of fused-ring (bicyclic) bond motifs is 1. The third kappa shape index (κ3) is 2.99. The fourth-order valence-electron chi connectivity index (χ4n) is 3.02. The van der Waals surface area contributed by atoms with Crippen LogP contribution >= 0.6 is 0 Å². The minimum absolute atomic E-state index is 0.207. The van der Waals surface area contributed by atoms with Crippen molar-refractivity contribution in [2.45, 2.75) is 20.4 Å². The summed E-state index contributed by atoms with van der Waals surface area (Å²) in [6.07, 6.45) is 0. The van der Waals surface area contributed by atoms with Gasteiger partial charge in [0.15, 0.2) is 0 Å². The van der Waals surface area contributed by atoms with E-state index >= 15 is 0 Å². The van der Waals surface area contributed by atoms with Gasteiger partial charge in [-0.3, -0.25) is 4.79 Å². The molecule has 0 fully saturated rings. The molecule has 2 N–H and O–H groups in total. The van der Waals surface area contributed by atoms with Crippen LogP contribution in [0.1, 0.15) is 27.4 Å². The van der Waals surface area contributed by atoms with Crippen LogP contribution in [0.2, 0.25) is 0 Å². The van der Waals surface area contributed by atoms with Crippen LogP contribution in [-0.4, -0.2) is 16.0 Å². The van der Waals surface area contributed by atoms with Gasteiger partial charge in [-0.2, -0.15) is 0 Å². The van der Waals surface area contributed by atoms with E-state index in [0.29, 0.717) is 12.2 Å². The molecule has 0 spiro atoms. The van der Waals surface area contributed by atoms with Crippen molar-refractivity contribution in [3.05, 3.63) is 77.2 Å². The molecule has 0 aliphatic heterocycles. The fourth-order valence-corrected chi connectivity index (χ4v) is 3.02. The number of hydrogen-bond donors (Lipinski definition) is 2. The van der Waals surface area contributed by atoms with Crippen molar-refractivity contribution >= 4 is 16.8 Å². The zero-order chi connectivity index (χ0) is 18.1. The summed E-state index contributed by atoms with van der Waals surface area (Å²) in [6, 6.07) is 17.4. The number of benzene rings is 2. The molecule has 26 heavy (non-hydrogen) atoms. The van der Waals surface area contributed by atoms with Gasteiger partial charge >= 0.3 is 0 Å². The Balaban J connectivity index is 1.47. The van der Waals surface area contributed by atoms with E-state index in [2.05, 4.69) is 35.4 Å². The number of carbonyl (C=O) groups is 1. The lowest BCUT2D eigenvalue weighted by atomic mass is 10.1. The number of rotatable bonds is 4. The Labute approximate surface area is 151 Å². The molecule has 0 aliphatic carbocycles. The number of nitrogens with zero attached hydrogens (tertiary/aromatic N) is 1. The lowest BCUT2D eigenvalue weighted by molar-refractivity contribution is 0.0914. The topological polar surface area (TPSA) is 70.9 Å². The first-order valence-electron chi connectivity index (χ1n) is 8.50. The quantitative estimate of drug-likeness (QED) is 0.577. The molecule has 4 rings (SSSR count). The maximum atomic E-state index is 12.3. The van der Waals surface area contributed by atoms with E-state index in [1.807, 2.05) is 42.5 Å². The van der Waals surface area contributed by atoms with E-state index in [0.717, 1.165) is 22.3 Å². The lowest BCUT2D eigenvalue weighted by Gasteiger charge is -2.04. The van der Waals surface area contributed by atoms with E-state index in [9.17, 15) is 4.79 Å². The molecule has 0 aliphatic rings. The second kappa shape index (κ2) is 6.52. The summed E-state index contributed by atoms with van der Waals surface area (Å²) in [7, 11) is 0. The van der Waals surface area contributed by atoms with Gasteiger partial charge in [0.05, 0.1) is 0 Å². The van der Waals surface area contributed by atoms with Gasteiger partial charge in [0.25, 0.3) is 5.91 Å². The van der Waals surface area contributed by atoms with E-state index in [4.69, 9.17) is 4.52 Å². The van der Waals surface area contributed by atoms with Crippen molar-refractivity contribution in [1.82, 2.24) is 15.5 Å². The molecule has 5 heteroatoms. The summed E-state index contributed by atoms with van der Waals surface area (Å²) >= 11 is 0. The smallest absolute Gasteiger partial charge is 0.290 e. The van der Waals surface area contributed by atoms with Gasteiger partial charge in [0.2, 0.25) is 5.76 Å². The standard InChI is InChI=1S/C21H19N3O2/c1-13-14(2)23-18-9-8-15(10-17(13)18)12-22-21(25)20-11-19(24-26-20)16-6-4-3-5-7-16/h3-11,23H,12H2,1-2H3,(H,22,25). The van der Waals surface area contributed by atoms with Crippen LogP contribution in [0.5, 0.6) is 0 Å². The number of nitrogens with one attached hydrogen (secondary N) is 2. The normalized spacial score (nSPS) is 11.0. The lowest BCUT2D eigenvalue weighted by Crippen LogP contribution is -2.22. The Kier molecular flexibility index (Phi) is 4.05. The van der Waals surface area contributed by atoms with Gasteiger partial charge in [0, 0.05) is 34.8 Å². The molecule has 2 aromatic heterocycles. The fraction of sp³-hybridized carbons (Fsp3) is 0.143. The number of H-pyrrole nitrogens is 1. The highest BCUT2D eigenvalue weighted by atomic mass is 16.5. The van der Waals surface area contributed by atoms with Crippen molar-refractivity contribution < 1.29 is 9.32 Å². The molecule has 0 atom stereocenters. The molecule has 0 bridgehead atoms. The van der Waals surface area contributed by atoms with Gasteiger partial charge in [-0.05, 0) is 37.1 Å². The summed E-state index contributed by atoms with van der Waals surface area (Å²) in [5.74, 6) is -0.0691. The third-order valence-electron chi connectivity index (χ3n) is 4.63. The molecule has 0 unspecified atom stereocenters. The molecule has 0 saturated carbocycles. The number of aromatic nitrogens is 2. The molecule has 0 saturated heterocycles. The van der Waals surface area contributed by atoms with Crippen LogP contribution in [0.3, 0.4) is 0 Å². The molecule has 2 heterocycles. The van der Waals surface area contributed by atoms with Crippen LogP contribution < -0.4 is 5.32 Å². The number of aromatic amines is 1. The van der Waals surface area contributed by atoms with Crippen LogP contribution in [0.25, 0.3) is 22.2 Å². The van der Waals surface area contributed by atoms with Crippen LogP contribution in [0.4, 0.5) is 0 Å². The summed E-state index contributed by atoms with van der Waals surface area (Å²) in [5, 5.41) is 8.05. The highest BCUT2D eigenvalue weighted by Gasteiger charge is 2.14. The van der Waals surface area contributed by atoms with E-state index in [1.54, 1.807) is 6.07 Å². The summed E-state index contributed by atoms with van der Waals surface area (Å²) < 4.78 is 5.19. The maximum absolute atomic E-state index is 12.3. The summed E-state index contributed by atoms with van der Waals surface area (Å²) in [6.45, 7) is 4.58. The highest BCUT2D eigenvalue weighted by molar-refractivity contribution is 5.92. The highest BCUT2D eigenvalue weighted by Crippen LogP contribution is 2.22. The van der Waals surface area contributed by atoms with Gasteiger partial charge in [-0.1, -0.05) is 41.6 Å². The minimum Gasteiger partial charge on any atom is -0.358 e. The van der Waals surface area contributed by atoms with Crippen LogP contribution in [0.15, 0.2) is 59.1 Å². The van der Waals surface area contributed by atoms with E-state index in [1.165, 1.54) is 10.9 Å². The molecule has 4 aromatic rings. The third-order valence-corrected chi connectivity index (χ3v) is 4.63. The monoisotopic (exact) mass is 345 g/mol. The summed E-state index contributed by atoms with van der Waals surface area (Å²) in [5.41, 5.74) is 6.11. The first kappa shape index (κ1) is 16.1. The molecule has 0 radical (unpaired) electrons. The van der Waals surface area contributed by atoms with Gasteiger partial charge in [-0.15, -0.1) is 0 Å². The second-order valence-electron chi connectivity index (χ2n) is 6.38. The minimum atomic E-state index is -0.276. The van der Waals surface area contributed by atoms with Crippen LogP contribution in [0, 0.1) is 13.8 Å². The zero-order valence-corrected chi connectivity index (χ0v) is 14.7. The summed E-state index contributed by atoms with van der Waals surface area (Å²) in [4.78, 5) is 15.7. The predicted octanol–water partition coefficient (Wildman–Crippen LogP) is 4.37. The van der Waals surface area contributed by atoms with Crippen molar-refractivity contribution in [3.8, 4) is 11.3 Å². The molecule has 5 nitrogen and oxygen atoms in total. The van der Waals surface area contributed by atoms with Crippen molar-refractivity contribution in [2.24, 2.45) is 0 Å². The van der Waals surface area contributed by atoms with Crippen molar-refractivity contribution in [2.75, 3.05) is 0 Å². The van der Waals surface area contributed by atoms with E-state index < -0.39 is 0 Å². The maximum Gasteiger partial charge on any atom is 0.290 e. The molecule has 1 amide bonds. The van der Waals surface area contributed by atoms with Gasteiger partial charge in [-0.25, -0.2) is 0 Å². The van der Waals surface area contributed by atoms with Crippen molar-refractivity contribution in [3.63, 3.8) is 0 Å². The average molecular weight is 345 g/mol. The Hall–Kier alpha value is -3.34. The molecular weight excluding hydrogens is 326 g/mol. The number of hydrogen-bond acceptors (Lipinski definition) is 3. The van der Waals surface area contributed by atoms with Crippen molar-refractivity contribution in [1.29, 1.82) is 0 Å². The molecule has 2 aromatic carbocycles. The molecule has 130 valence electrons. The Morgan fingerprint density at radius 1 is 1.12 bits per heavy atom. The average Bonchev–Trinajstić information content (AvgIpc) is 3.27. The number of carbonyl (C=O) groups excluding carboxylic acids is 1. The number of aryl methyl sites for hydroxylation is 2. The predicted molar refractivity (Wildman–Crippen MR) is 101 cm³/mol. The van der Waals surface area contributed by atoms with E-state index in [-0.39, 0.29) is 11.7 Å². The first-order chi connectivity index (χ1) is 12.6. The Morgan fingerprint density at radius 3 is 2.73 bits per heavy atom. The SMILES string of the molecule is Cc1[nH]c2ccc(CNC(=O)c3cc(-c4ccccc4)no3)cc2c1C. The first-order valence-corrected chi connectivity index (χ1v) is 8.50. The number of amides is 1. The Morgan fingerprint density at radius 2 is 1.92 bits per heavy atom. The molecular formula is C21H19N3O2. The van der Waals surface area contributed by atoms with Gasteiger partial charge in [0.1, 0.15) is 5.69 Å². The van der Waals surface area contributed by atoms with Crippen LogP contribution in [-0.2, 0) is 6.54 Å². The van der Waals surface area contributed by atoms with Gasteiger partial charge < -0.3 is 14.8 Å². The largest absolute Gasteiger partial charge is 0.358 e. The zero-order valence-electron chi connectivity index (χ0n) is 14.7. The second-order valence-corrected chi connectivity index (χ2v) is 6.38.